The second-order valence-corrected chi connectivity index (χ2v) is 13.5. The third-order valence-electron chi connectivity index (χ3n) is 9.46. The molecule has 0 fully saturated rings. The van der Waals surface area contributed by atoms with E-state index in [0.717, 1.165) is 83.5 Å². The molecular formula is C49H49ClN2O. The van der Waals surface area contributed by atoms with Crippen LogP contribution >= 0.6 is 12.4 Å². The summed E-state index contributed by atoms with van der Waals surface area (Å²) in [5, 5.41) is 6.94. The quantitative estimate of drug-likeness (QED) is 0.0595. The summed E-state index contributed by atoms with van der Waals surface area (Å²) in [6.07, 6.45) is 5.76. The van der Waals surface area contributed by atoms with Crippen molar-refractivity contribution in [2.45, 2.75) is 39.8 Å². The lowest BCUT2D eigenvalue weighted by Gasteiger charge is -2.16. The summed E-state index contributed by atoms with van der Waals surface area (Å²) in [6.45, 7) is 15.3. The SMILES string of the molecule is C=CCCNCc1ccc(-c2ccc(C(=O)c3ccc(-c4ccc(CNCCC=C)cc4)c(-c4cccc(C)c4)c3)cc2-c2cccc(C)c2)cc1.Cl. The van der Waals surface area contributed by atoms with Gasteiger partial charge < -0.3 is 10.6 Å². The Kier molecular flexibility index (Phi) is 13.9. The van der Waals surface area contributed by atoms with Crippen LogP contribution in [0.2, 0.25) is 0 Å². The summed E-state index contributed by atoms with van der Waals surface area (Å²) in [7, 11) is 0. The molecule has 4 heteroatoms. The first kappa shape index (κ1) is 38.9. The van der Waals surface area contributed by atoms with Crippen molar-refractivity contribution in [3.63, 3.8) is 0 Å². The van der Waals surface area contributed by atoms with Gasteiger partial charge in [0.05, 0.1) is 0 Å². The Labute approximate surface area is 321 Å². The number of hydrogen-bond acceptors (Lipinski definition) is 3. The molecule has 268 valence electrons. The molecule has 0 heterocycles. The summed E-state index contributed by atoms with van der Waals surface area (Å²) >= 11 is 0. The maximum atomic E-state index is 14.4. The second-order valence-electron chi connectivity index (χ2n) is 13.5. The Balaban J connectivity index is 0.00000541. The molecule has 0 aliphatic rings. The van der Waals surface area contributed by atoms with E-state index in [9.17, 15) is 4.79 Å². The fraction of sp³-hybridized carbons (Fsp3) is 0.163. The van der Waals surface area contributed by atoms with E-state index < -0.39 is 0 Å². The van der Waals surface area contributed by atoms with Crippen molar-refractivity contribution in [3.8, 4) is 44.5 Å². The average molecular weight is 717 g/mol. The van der Waals surface area contributed by atoms with Crippen LogP contribution in [-0.4, -0.2) is 18.9 Å². The largest absolute Gasteiger partial charge is 0.312 e. The Morgan fingerprint density at radius 3 is 1.30 bits per heavy atom. The molecular weight excluding hydrogens is 668 g/mol. The van der Waals surface area contributed by atoms with Gasteiger partial charge >= 0.3 is 0 Å². The minimum atomic E-state index is 0. The Bertz CT molecular complexity index is 2010. The highest BCUT2D eigenvalue weighted by Gasteiger charge is 2.18. The van der Waals surface area contributed by atoms with E-state index in [0.29, 0.717) is 11.1 Å². The molecule has 0 radical (unpaired) electrons. The van der Waals surface area contributed by atoms with Crippen molar-refractivity contribution < 1.29 is 4.79 Å². The molecule has 0 unspecified atom stereocenters. The Morgan fingerprint density at radius 1 is 0.509 bits per heavy atom. The molecule has 53 heavy (non-hydrogen) atoms. The highest BCUT2D eigenvalue weighted by atomic mass is 35.5. The van der Waals surface area contributed by atoms with E-state index in [1.807, 2.05) is 24.3 Å². The van der Waals surface area contributed by atoms with Crippen LogP contribution in [0, 0.1) is 13.8 Å². The number of halogens is 1. The number of rotatable bonds is 16. The van der Waals surface area contributed by atoms with Gasteiger partial charge in [0, 0.05) is 24.2 Å². The first-order valence-electron chi connectivity index (χ1n) is 18.2. The summed E-state index contributed by atoms with van der Waals surface area (Å²) in [5.41, 5.74) is 14.9. The predicted molar refractivity (Wildman–Crippen MR) is 228 cm³/mol. The molecule has 0 atom stereocenters. The van der Waals surface area contributed by atoms with Crippen LogP contribution in [0.1, 0.15) is 51.0 Å². The van der Waals surface area contributed by atoms with Crippen molar-refractivity contribution in [1.82, 2.24) is 10.6 Å². The molecule has 6 rings (SSSR count). The standard InChI is InChI=1S/C49H48N2O.ClH/c1-5-7-27-50-33-37-15-19-39(20-16-37)45-25-23-43(31-47(45)41-13-9-11-35(3)29-41)49(52)44-24-26-46(48(32-44)42-14-10-12-36(4)30-42)40-21-17-38(18-22-40)34-51-28-8-6-2;/h5-6,9-26,29-32,50-51H,1-2,7-8,27-28,33-34H2,3-4H3;1H. The van der Waals surface area contributed by atoms with Crippen molar-refractivity contribution in [2.75, 3.05) is 13.1 Å². The number of hydrogen-bond donors (Lipinski definition) is 2. The zero-order valence-electron chi connectivity index (χ0n) is 30.8. The summed E-state index contributed by atoms with van der Waals surface area (Å²) < 4.78 is 0. The van der Waals surface area contributed by atoms with E-state index in [1.54, 1.807) is 0 Å². The molecule has 3 nitrogen and oxygen atoms in total. The summed E-state index contributed by atoms with van der Waals surface area (Å²) in [6, 6.07) is 46.8. The van der Waals surface area contributed by atoms with Gasteiger partial charge in [-0.05, 0) is 108 Å². The van der Waals surface area contributed by atoms with Gasteiger partial charge in [0.15, 0.2) is 5.78 Å². The lowest BCUT2D eigenvalue weighted by atomic mass is 9.88. The maximum Gasteiger partial charge on any atom is 0.193 e. The summed E-state index contributed by atoms with van der Waals surface area (Å²) in [5.74, 6) is 0.00259. The number of aryl methyl sites for hydroxylation is 2. The molecule has 2 N–H and O–H groups in total. The lowest BCUT2D eigenvalue weighted by Crippen LogP contribution is -2.13. The third-order valence-corrected chi connectivity index (χ3v) is 9.46. The fourth-order valence-corrected chi connectivity index (χ4v) is 6.62. The van der Waals surface area contributed by atoms with Crippen molar-refractivity contribution >= 4 is 18.2 Å². The van der Waals surface area contributed by atoms with Crippen molar-refractivity contribution in [1.29, 1.82) is 0 Å². The predicted octanol–water partition coefficient (Wildman–Crippen LogP) is 12.0. The van der Waals surface area contributed by atoms with Crippen LogP contribution in [0.4, 0.5) is 0 Å². The number of benzene rings is 6. The molecule has 0 amide bonds. The van der Waals surface area contributed by atoms with E-state index in [4.69, 9.17) is 0 Å². The van der Waals surface area contributed by atoms with Gasteiger partial charge in [-0.25, -0.2) is 0 Å². The van der Waals surface area contributed by atoms with Gasteiger partial charge in [0.2, 0.25) is 0 Å². The number of carbonyl (C=O) groups is 1. The van der Waals surface area contributed by atoms with Crippen LogP contribution in [-0.2, 0) is 13.1 Å². The molecule has 0 aromatic heterocycles. The van der Waals surface area contributed by atoms with Crippen LogP contribution in [0.3, 0.4) is 0 Å². The minimum Gasteiger partial charge on any atom is -0.312 e. The zero-order chi connectivity index (χ0) is 36.3. The first-order valence-corrected chi connectivity index (χ1v) is 18.2. The van der Waals surface area contributed by atoms with E-state index >= 15 is 0 Å². The van der Waals surface area contributed by atoms with Crippen LogP contribution in [0.15, 0.2) is 159 Å². The van der Waals surface area contributed by atoms with Gasteiger partial charge in [0.25, 0.3) is 0 Å². The summed E-state index contributed by atoms with van der Waals surface area (Å²) in [4.78, 5) is 14.4. The fourth-order valence-electron chi connectivity index (χ4n) is 6.62. The smallest absolute Gasteiger partial charge is 0.193 e. The molecule has 0 aliphatic heterocycles. The van der Waals surface area contributed by atoms with E-state index in [2.05, 4.69) is 159 Å². The van der Waals surface area contributed by atoms with Crippen LogP contribution in [0.5, 0.6) is 0 Å². The normalized spacial score (nSPS) is 10.8. The Morgan fingerprint density at radius 2 is 0.925 bits per heavy atom. The molecule has 0 aliphatic carbocycles. The molecule has 0 saturated carbocycles. The third kappa shape index (κ3) is 9.97. The van der Waals surface area contributed by atoms with Crippen molar-refractivity contribution in [2.24, 2.45) is 0 Å². The Hall–Kier alpha value is -5.32. The van der Waals surface area contributed by atoms with Crippen LogP contribution in [0.25, 0.3) is 44.5 Å². The number of nitrogens with one attached hydrogen (secondary N) is 2. The molecule has 6 aromatic carbocycles. The molecule has 6 aromatic rings. The zero-order valence-corrected chi connectivity index (χ0v) is 31.6. The molecule has 0 spiro atoms. The first-order chi connectivity index (χ1) is 25.4. The number of ketones is 1. The lowest BCUT2D eigenvalue weighted by molar-refractivity contribution is 0.103. The average Bonchev–Trinajstić information content (AvgIpc) is 3.18. The van der Waals surface area contributed by atoms with Crippen molar-refractivity contribution in [3.05, 3.63) is 192 Å². The van der Waals surface area contributed by atoms with Gasteiger partial charge in [0.1, 0.15) is 0 Å². The van der Waals surface area contributed by atoms with E-state index in [-0.39, 0.29) is 18.2 Å². The van der Waals surface area contributed by atoms with Gasteiger partial charge in [-0.2, -0.15) is 0 Å². The van der Waals surface area contributed by atoms with E-state index in [1.165, 1.54) is 22.3 Å². The molecule has 0 saturated heterocycles. The van der Waals surface area contributed by atoms with Gasteiger partial charge in [-0.15, -0.1) is 25.6 Å². The monoisotopic (exact) mass is 716 g/mol. The number of carbonyl (C=O) groups excluding carboxylic acids is 1. The highest BCUT2D eigenvalue weighted by molar-refractivity contribution is 6.11. The maximum absolute atomic E-state index is 14.4. The van der Waals surface area contributed by atoms with Gasteiger partial charge in [-0.3, -0.25) is 4.79 Å². The molecule has 0 bridgehead atoms. The second kappa shape index (κ2) is 19.0. The minimum absolute atomic E-state index is 0. The van der Waals surface area contributed by atoms with Crippen LogP contribution < -0.4 is 10.6 Å². The van der Waals surface area contributed by atoms with Gasteiger partial charge in [-0.1, -0.05) is 145 Å². The topological polar surface area (TPSA) is 41.1 Å². The highest BCUT2D eigenvalue weighted by Crippen LogP contribution is 2.37.